The Morgan fingerprint density at radius 3 is 1.96 bits per heavy atom. The molecule has 5 aromatic carbocycles. The minimum absolute atomic E-state index is 0.0334. The van der Waals surface area contributed by atoms with Crippen LogP contribution < -0.4 is 14.2 Å². The lowest BCUT2D eigenvalue weighted by Crippen LogP contribution is -2.40. The monoisotopic (exact) mass is 703 g/mol. The molecule has 0 bridgehead atoms. The highest BCUT2D eigenvalue weighted by atomic mass is 16.5. The van der Waals surface area contributed by atoms with Gasteiger partial charge in [-0.25, -0.2) is 4.98 Å². The Hall–Kier alpha value is -5.92. The van der Waals surface area contributed by atoms with Crippen LogP contribution in [0.2, 0.25) is 0 Å². The van der Waals surface area contributed by atoms with Crippen LogP contribution in [-0.2, 0) is 19.7 Å². The molecule has 1 saturated heterocycles. The molecule has 0 saturated carbocycles. The number of hydrogen-bond donors (Lipinski definition) is 0. The summed E-state index contributed by atoms with van der Waals surface area (Å²) < 4.78 is 17.2. The van der Waals surface area contributed by atoms with E-state index < -0.39 is 0 Å². The molecule has 268 valence electrons. The maximum Gasteiger partial charge on any atom is 0.254 e. The van der Waals surface area contributed by atoms with Crippen molar-refractivity contribution in [2.45, 2.75) is 32.5 Å². The van der Waals surface area contributed by atoms with Crippen molar-refractivity contribution in [3.63, 3.8) is 0 Å². The quantitative estimate of drug-likeness (QED) is 0.113. The van der Waals surface area contributed by atoms with Gasteiger partial charge >= 0.3 is 0 Å². The highest BCUT2D eigenvalue weighted by molar-refractivity contribution is 5.94. The molecule has 1 fully saturated rings. The Bertz CT molecular complexity index is 2010. The first-order chi connectivity index (χ1) is 26.1. The first-order valence-electron chi connectivity index (χ1n) is 18.3. The molecular weight excluding hydrogens is 659 g/mol. The Kier molecular flexibility index (Phi) is 11.7. The molecule has 7 nitrogen and oxygen atoms in total. The third-order valence-electron chi connectivity index (χ3n) is 9.74. The fourth-order valence-electron chi connectivity index (χ4n) is 6.72. The lowest BCUT2D eigenvalue weighted by molar-refractivity contribution is 0.0672. The number of pyridine rings is 1. The van der Waals surface area contributed by atoms with Crippen molar-refractivity contribution in [2.24, 2.45) is 5.92 Å². The summed E-state index contributed by atoms with van der Waals surface area (Å²) in [6, 6.07) is 48.2. The number of ether oxygens (including phenoxy) is 3. The largest absolute Gasteiger partial charge is 0.489 e. The van der Waals surface area contributed by atoms with E-state index >= 15 is 0 Å². The predicted molar refractivity (Wildman–Crippen MR) is 209 cm³/mol. The van der Waals surface area contributed by atoms with Gasteiger partial charge in [0, 0.05) is 43.0 Å². The molecule has 1 aliphatic heterocycles. The normalized spacial score (nSPS) is 13.3. The summed E-state index contributed by atoms with van der Waals surface area (Å²) in [7, 11) is 1.61. The zero-order valence-electron chi connectivity index (χ0n) is 30.1. The maximum atomic E-state index is 14.2. The maximum absolute atomic E-state index is 14.2. The van der Waals surface area contributed by atoms with E-state index in [1.165, 1.54) is 5.56 Å². The SMILES string of the molecule is COc1ccc(-c2ccc(C(=O)N(Cc3ccc(Oc4ccccc4)cc3)CC3CCN(Cc4ccc(OCc5ccccc5)cc4)CC3)cc2)cn1. The molecule has 7 heteroatoms. The van der Waals surface area contributed by atoms with Crippen LogP contribution >= 0.6 is 0 Å². The van der Waals surface area contributed by atoms with E-state index in [9.17, 15) is 4.79 Å². The van der Waals surface area contributed by atoms with Crippen LogP contribution in [0.25, 0.3) is 11.1 Å². The first-order valence-corrected chi connectivity index (χ1v) is 18.3. The molecule has 1 aliphatic rings. The number of likely N-dealkylation sites (tertiary alicyclic amines) is 1. The molecule has 7 rings (SSSR count). The van der Waals surface area contributed by atoms with Gasteiger partial charge in [-0.05, 0) is 109 Å². The molecule has 0 N–H and O–H groups in total. The minimum Gasteiger partial charge on any atom is -0.489 e. The van der Waals surface area contributed by atoms with Crippen molar-refractivity contribution in [2.75, 3.05) is 26.7 Å². The Labute approximate surface area is 312 Å². The summed E-state index contributed by atoms with van der Waals surface area (Å²) in [6.07, 6.45) is 3.86. The molecule has 0 atom stereocenters. The van der Waals surface area contributed by atoms with Crippen molar-refractivity contribution in [3.8, 4) is 34.3 Å². The highest BCUT2D eigenvalue weighted by Crippen LogP contribution is 2.27. The van der Waals surface area contributed by atoms with E-state index in [0.717, 1.165) is 72.0 Å². The number of rotatable bonds is 14. The molecule has 6 aromatic rings. The van der Waals surface area contributed by atoms with E-state index in [1.807, 2.05) is 102 Å². The van der Waals surface area contributed by atoms with Gasteiger partial charge in [0.05, 0.1) is 7.11 Å². The van der Waals surface area contributed by atoms with Crippen molar-refractivity contribution >= 4 is 5.91 Å². The molecule has 2 heterocycles. The number of para-hydroxylation sites is 1. The number of carbonyl (C=O) groups is 1. The molecule has 1 amide bonds. The molecule has 0 spiro atoms. The van der Waals surface area contributed by atoms with Gasteiger partial charge in [-0.2, -0.15) is 0 Å². The fourth-order valence-corrected chi connectivity index (χ4v) is 6.72. The van der Waals surface area contributed by atoms with Gasteiger partial charge in [0.25, 0.3) is 5.91 Å². The molecule has 0 unspecified atom stereocenters. The Morgan fingerprint density at radius 2 is 1.30 bits per heavy atom. The fraction of sp³-hybridized carbons (Fsp3) is 0.217. The summed E-state index contributed by atoms with van der Waals surface area (Å²) in [4.78, 5) is 23.0. The van der Waals surface area contributed by atoms with E-state index in [0.29, 0.717) is 37.1 Å². The van der Waals surface area contributed by atoms with Gasteiger partial charge in [-0.15, -0.1) is 0 Å². The number of benzene rings is 5. The number of piperidine rings is 1. The summed E-state index contributed by atoms with van der Waals surface area (Å²) in [6.45, 7) is 4.68. The smallest absolute Gasteiger partial charge is 0.254 e. The van der Waals surface area contributed by atoms with Gasteiger partial charge in [0.1, 0.15) is 23.9 Å². The topological polar surface area (TPSA) is 64.1 Å². The number of amides is 1. The van der Waals surface area contributed by atoms with Crippen LogP contribution in [0.5, 0.6) is 23.1 Å². The molecule has 1 aromatic heterocycles. The summed E-state index contributed by atoms with van der Waals surface area (Å²) in [5, 5.41) is 0. The number of hydrogen-bond acceptors (Lipinski definition) is 6. The Balaban J connectivity index is 0.981. The number of carbonyl (C=O) groups excluding carboxylic acids is 1. The van der Waals surface area contributed by atoms with Crippen LogP contribution in [0, 0.1) is 5.92 Å². The molecular formula is C46H45N3O4. The van der Waals surface area contributed by atoms with Crippen molar-refractivity contribution in [3.05, 3.63) is 174 Å². The van der Waals surface area contributed by atoms with Gasteiger partial charge in [-0.3, -0.25) is 9.69 Å². The summed E-state index contributed by atoms with van der Waals surface area (Å²) in [5.74, 6) is 3.46. The van der Waals surface area contributed by atoms with Crippen molar-refractivity contribution < 1.29 is 19.0 Å². The lowest BCUT2D eigenvalue weighted by atomic mass is 9.95. The second kappa shape index (κ2) is 17.5. The average molecular weight is 704 g/mol. The first kappa shape index (κ1) is 35.5. The molecule has 0 radical (unpaired) electrons. The zero-order valence-corrected chi connectivity index (χ0v) is 30.1. The predicted octanol–water partition coefficient (Wildman–Crippen LogP) is 9.68. The van der Waals surface area contributed by atoms with Gasteiger partial charge in [0.15, 0.2) is 0 Å². The van der Waals surface area contributed by atoms with Crippen LogP contribution in [0.1, 0.15) is 39.9 Å². The van der Waals surface area contributed by atoms with Crippen molar-refractivity contribution in [1.29, 1.82) is 0 Å². The number of methoxy groups -OCH3 is 1. The lowest BCUT2D eigenvalue weighted by Gasteiger charge is -2.35. The van der Waals surface area contributed by atoms with E-state index in [4.69, 9.17) is 14.2 Å². The second-order valence-electron chi connectivity index (χ2n) is 13.5. The number of aromatic nitrogens is 1. The van der Waals surface area contributed by atoms with E-state index in [1.54, 1.807) is 13.3 Å². The highest BCUT2D eigenvalue weighted by Gasteiger charge is 2.25. The summed E-state index contributed by atoms with van der Waals surface area (Å²) in [5.41, 5.74) is 6.14. The second-order valence-corrected chi connectivity index (χ2v) is 13.5. The number of nitrogens with zero attached hydrogens (tertiary/aromatic N) is 3. The van der Waals surface area contributed by atoms with E-state index in [2.05, 4.69) is 58.4 Å². The van der Waals surface area contributed by atoms with Crippen LogP contribution in [-0.4, -0.2) is 47.4 Å². The zero-order chi connectivity index (χ0) is 36.2. The van der Waals surface area contributed by atoms with Crippen LogP contribution in [0.4, 0.5) is 0 Å². The van der Waals surface area contributed by atoms with E-state index in [-0.39, 0.29) is 5.91 Å². The average Bonchev–Trinajstić information content (AvgIpc) is 3.22. The third kappa shape index (κ3) is 9.90. The van der Waals surface area contributed by atoms with Gasteiger partial charge in [-0.1, -0.05) is 84.9 Å². The van der Waals surface area contributed by atoms with Crippen LogP contribution in [0.3, 0.4) is 0 Å². The van der Waals surface area contributed by atoms with Crippen molar-refractivity contribution in [1.82, 2.24) is 14.8 Å². The Morgan fingerprint density at radius 1 is 0.679 bits per heavy atom. The molecule has 53 heavy (non-hydrogen) atoms. The minimum atomic E-state index is 0.0334. The van der Waals surface area contributed by atoms with Gasteiger partial charge < -0.3 is 19.1 Å². The molecule has 0 aliphatic carbocycles. The van der Waals surface area contributed by atoms with Gasteiger partial charge in [0.2, 0.25) is 5.88 Å². The summed E-state index contributed by atoms with van der Waals surface area (Å²) >= 11 is 0. The third-order valence-corrected chi connectivity index (χ3v) is 9.74. The van der Waals surface area contributed by atoms with Crippen LogP contribution in [0.15, 0.2) is 152 Å². The standard InChI is InChI=1S/C46H45N3O4/c1-51-45-25-20-41(30-47-45)39-16-18-40(19-17-39)46(50)49(32-36-14-23-44(24-15-36)53-43-10-6-3-7-11-43)33-37-26-28-48(29-27-37)31-35-12-21-42(22-13-35)52-34-38-8-4-2-5-9-38/h2-25,30,37H,26-29,31-34H2,1H3.